The Labute approximate surface area is 133 Å². The van der Waals surface area contributed by atoms with Crippen molar-refractivity contribution in [2.24, 2.45) is 0 Å². The summed E-state index contributed by atoms with van der Waals surface area (Å²) in [6.07, 6.45) is 7.16. The number of carbonyl (C=O) groups excluding carboxylic acids is 1. The van der Waals surface area contributed by atoms with Crippen LogP contribution >= 0.6 is 11.3 Å². The SMILES string of the molecule is CCOC[C@H]1CN(C(=O)/C=C/c2cccs2)Cc2cncn21. The first-order valence-electron chi connectivity index (χ1n) is 7.37. The van der Waals surface area contributed by atoms with Gasteiger partial charge < -0.3 is 14.2 Å². The molecule has 5 nitrogen and oxygen atoms in total. The van der Waals surface area contributed by atoms with Gasteiger partial charge >= 0.3 is 0 Å². The van der Waals surface area contributed by atoms with Gasteiger partial charge in [0.25, 0.3) is 0 Å². The number of ether oxygens (including phenoxy) is 1. The maximum atomic E-state index is 12.4. The standard InChI is InChI=1S/C16H19N3O2S/c1-2-21-11-14-10-18(9-13-8-17-12-19(13)14)16(20)6-5-15-4-3-7-22-15/h3-8,12,14H,2,9-11H2,1H3/b6-5+/t14-/m1/s1. The van der Waals surface area contributed by atoms with E-state index in [1.807, 2.05) is 47.9 Å². The first kappa shape index (κ1) is 15.0. The van der Waals surface area contributed by atoms with Crippen molar-refractivity contribution in [3.05, 3.63) is 46.7 Å². The molecule has 3 rings (SSSR count). The van der Waals surface area contributed by atoms with Gasteiger partial charge in [-0.15, -0.1) is 11.3 Å². The summed E-state index contributed by atoms with van der Waals surface area (Å²) in [5.41, 5.74) is 1.05. The molecule has 0 unspecified atom stereocenters. The molecule has 0 saturated carbocycles. The normalized spacial score (nSPS) is 17.9. The molecule has 0 fully saturated rings. The second-order valence-corrected chi connectivity index (χ2v) is 6.15. The molecule has 0 aliphatic carbocycles. The molecule has 6 heteroatoms. The monoisotopic (exact) mass is 317 g/mol. The number of hydrogen-bond donors (Lipinski definition) is 0. The first-order chi connectivity index (χ1) is 10.8. The van der Waals surface area contributed by atoms with E-state index < -0.39 is 0 Å². The molecular formula is C16H19N3O2S. The van der Waals surface area contributed by atoms with Gasteiger partial charge in [-0.25, -0.2) is 4.98 Å². The van der Waals surface area contributed by atoms with E-state index in [0.29, 0.717) is 26.3 Å². The number of imidazole rings is 1. The lowest BCUT2D eigenvalue weighted by molar-refractivity contribution is -0.128. The van der Waals surface area contributed by atoms with Crippen molar-refractivity contribution >= 4 is 23.3 Å². The number of nitrogens with zero attached hydrogens (tertiary/aromatic N) is 3. The van der Waals surface area contributed by atoms with Crippen molar-refractivity contribution in [3.63, 3.8) is 0 Å². The van der Waals surface area contributed by atoms with E-state index in [9.17, 15) is 4.79 Å². The third kappa shape index (κ3) is 3.28. The van der Waals surface area contributed by atoms with Crippen LogP contribution in [0.15, 0.2) is 36.1 Å². The highest BCUT2D eigenvalue weighted by molar-refractivity contribution is 7.10. The smallest absolute Gasteiger partial charge is 0.247 e. The minimum atomic E-state index is 0.0300. The molecule has 116 valence electrons. The molecule has 1 aliphatic heterocycles. The molecule has 0 radical (unpaired) electrons. The average Bonchev–Trinajstić information content (AvgIpc) is 3.20. The molecular weight excluding hydrogens is 298 g/mol. The summed E-state index contributed by atoms with van der Waals surface area (Å²) < 4.78 is 7.66. The second-order valence-electron chi connectivity index (χ2n) is 5.17. The van der Waals surface area contributed by atoms with E-state index in [-0.39, 0.29) is 11.9 Å². The maximum Gasteiger partial charge on any atom is 0.247 e. The third-order valence-corrected chi connectivity index (χ3v) is 4.52. The lowest BCUT2D eigenvalue weighted by Crippen LogP contribution is -2.41. The van der Waals surface area contributed by atoms with Gasteiger partial charge in [-0.05, 0) is 24.4 Å². The Bertz CT molecular complexity index is 648. The Balaban J connectivity index is 1.71. The fraction of sp³-hybridized carbons (Fsp3) is 0.375. The van der Waals surface area contributed by atoms with Gasteiger partial charge in [-0.2, -0.15) is 0 Å². The summed E-state index contributed by atoms with van der Waals surface area (Å²) in [6.45, 7) is 4.49. The second kappa shape index (κ2) is 6.89. The van der Waals surface area contributed by atoms with Crippen LogP contribution in [0.1, 0.15) is 23.5 Å². The number of aromatic nitrogens is 2. The number of rotatable bonds is 5. The average molecular weight is 317 g/mol. The first-order valence-corrected chi connectivity index (χ1v) is 8.25. The number of thiophene rings is 1. The van der Waals surface area contributed by atoms with Crippen molar-refractivity contribution in [1.29, 1.82) is 0 Å². The molecule has 0 spiro atoms. The van der Waals surface area contributed by atoms with Gasteiger partial charge in [0.15, 0.2) is 0 Å². The van der Waals surface area contributed by atoms with Crippen LogP contribution in [0.25, 0.3) is 6.08 Å². The zero-order valence-electron chi connectivity index (χ0n) is 12.5. The molecule has 0 N–H and O–H groups in total. The van der Waals surface area contributed by atoms with E-state index >= 15 is 0 Å². The topological polar surface area (TPSA) is 47.4 Å². The Morgan fingerprint density at radius 1 is 1.59 bits per heavy atom. The fourth-order valence-electron chi connectivity index (χ4n) is 2.59. The highest BCUT2D eigenvalue weighted by Gasteiger charge is 2.26. The molecule has 0 bridgehead atoms. The van der Waals surface area contributed by atoms with E-state index in [1.54, 1.807) is 17.4 Å². The minimum absolute atomic E-state index is 0.0300. The van der Waals surface area contributed by atoms with Gasteiger partial charge in [0.05, 0.1) is 31.2 Å². The van der Waals surface area contributed by atoms with Crippen LogP contribution < -0.4 is 0 Å². The van der Waals surface area contributed by atoms with Crippen molar-refractivity contribution < 1.29 is 9.53 Å². The lowest BCUT2D eigenvalue weighted by Gasteiger charge is -2.33. The summed E-state index contributed by atoms with van der Waals surface area (Å²) in [7, 11) is 0. The van der Waals surface area contributed by atoms with Crippen LogP contribution in [0.3, 0.4) is 0 Å². The number of hydrogen-bond acceptors (Lipinski definition) is 4. The molecule has 1 atom stereocenters. The van der Waals surface area contributed by atoms with Crippen molar-refractivity contribution in [3.8, 4) is 0 Å². The van der Waals surface area contributed by atoms with Crippen LogP contribution in [0, 0.1) is 0 Å². The summed E-state index contributed by atoms with van der Waals surface area (Å²) in [5.74, 6) is 0.0300. The number of amides is 1. The Morgan fingerprint density at radius 3 is 3.27 bits per heavy atom. The summed E-state index contributed by atoms with van der Waals surface area (Å²) in [5, 5.41) is 2.00. The van der Waals surface area contributed by atoms with Crippen LogP contribution in [-0.2, 0) is 16.1 Å². The molecule has 2 aromatic heterocycles. The van der Waals surface area contributed by atoms with E-state index in [1.165, 1.54) is 0 Å². The van der Waals surface area contributed by atoms with Gasteiger partial charge in [-0.1, -0.05) is 6.07 Å². The third-order valence-electron chi connectivity index (χ3n) is 3.68. The molecule has 0 aromatic carbocycles. The predicted octanol–water partition coefficient (Wildman–Crippen LogP) is 2.58. The number of fused-ring (bicyclic) bond motifs is 1. The summed E-state index contributed by atoms with van der Waals surface area (Å²) in [4.78, 5) is 19.5. The van der Waals surface area contributed by atoms with Crippen molar-refractivity contribution in [2.75, 3.05) is 19.8 Å². The van der Waals surface area contributed by atoms with E-state index in [0.717, 1.165) is 10.6 Å². The van der Waals surface area contributed by atoms with Gasteiger partial charge in [-0.3, -0.25) is 4.79 Å². The largest absolute Gasteiger partial charge is 0.380 e. The van der Waals surface area contributed by atoms with Crippen LogP contribution in [-0.4, -0.2) is 40.1 Å². The fourth-order valence-corrected chi connectivity index (χ4v) is 3.20. The highest BCUT2D eigenvalue weighted by atomic mass is 32.1. The van der Waals surface area contributed by atoms with E-state index in [4.69, 9.17) is 4.74 Å². The van der Waals surface area contributed by atoms with Crippen molar-refractivity contribution in [1.82, 2.24) is 14.5 Å². The predicted molar refractivity (Wildman–Crippen MR) is 86.5 cm³/mol. The molecule has 22 heavy (non-hydrogen) atoms. The van der Waals surface area contributed by atoms with Crippen molar-refractivity contribution in [2.45, 2.75) is 19.5 Å². The highest BCUT2D eigenvalue weighted by Crippen LogP contribution is 2.22. The Morgan fingerprint density at radius 2 is 2.50 bits per heavy atom. The van der Waals surface area contributed by atoms with Crippen LogP contribution in [0.5, 0.6) is 0 Å². The molecule has 1 aliphatic rings. The summed E-state index contributed by atoms with van der Waals surface area (Å²) >= 11 is 1.62. The van der Waals surface area contributed by atoms with E-state index in [2.05, 4.69) is 9.55 Å². The minimum Gasteiger partial charge on any atom is -0.380 e. The maximum absolute atomic E-state index is 12.4. The molecule has 0 saturated heterocycles. The zero-order valence-corrected chi connectivity index (χ0v) is 13.3. The molecule has 1 amide bonds. The van der Waals surface area contributed by atoms with Gasteiger partial charge in [0.2, 0.25) is 5.91 Å². The molecule has 2 aromatic rings. The van der Waals surface area contributed by atoms with Gasteiger partial charge in [0.1, 0.15) is 0 Å². The quantitative estimate of drug-likeness (QED) is 0.796. The zero-order chi connectivity index (χ0) is 15.4. The van der Waals surface area contributed by atoms with Crippen LogP contribution in [0.2, 0.25) is 0 Å². The Kier molecular flexibility index (Phi) is 4.70. The van der Waals surface area contributed by atoms with Gasteiger partial charge in [0, 0.05) is 30.3 Å². The molecule has 3 heterocycles. The lowest BCUT2D eigenvalue weighted by atomic mass is 10.2. The summed E-state index contributed by atoms with van der Waals surface area (Å²) in [6, 6.07) is 4.11. The number of carbonyl (C=O) groups is 1. The Hall–Kier alpha value is -1.92. The van der Waals surface area contributed by atoms with Crippen LogP contribution in [0.4, 0.5) is 0 Å².